The van der Waals surface area contributed by atoms with Crippen LogP contribution in [0.25, 0.3) is 17.0 Å². The highest BCUT2D eigenvalue weighted by molar-refractivity contribution is 6.43. The Morgan fingerprint density at radius 3 is 2.79 bits per heavy atom. The second kappa shape index (κ2) is 7.59. The van der Waals surface area contributed by atoms with Crippen molar-refractivity contribution in [1.82, 2.24) is 19.4 Å². The average molecular weight is 424 g/mol. The van der Waals surface area contributed by atoms with Gasteiger partial charge in [0, 0.05) is 11.9 Å². The fourth-order valence-electron chi connectivity index (χ4n) is 3.00. The average Bonchev–Trinajstić information content (AvgIpc) is 3.15. The minimum absolute atomic E-state index is 0.0882. The number of aromatic nitrogens is 4. The Hall–Kier alpha value is -3.34. The summed E-state index contributed by atoms with van der Waals surface area (Å²) >= 11 is 12.3. The molecule has 0 unspecified atom stereocenters. The Kier molecular flexibility index (Phi) is 4.97. The first-order valence-electron chi connectivity index (χ1n) is 8.68. The van der Waals surface area contributed by atoms with Gasteiger partial charge in [-0.15, -0.1) is 0 Å². The van der Waals surface area contributed by atoms with Crippen LogP contribution in [0.5, 0.6) is 0 Å². The standard InChI is InChI=1S/C20H15Cl2N7/c1-11(12-3-2-4-14(24)7-12)27-20-26-9-13(8-23)18(28-20)16-10-25-19-17(22)15(21)5-6-29(16)19/h2-7,9-11H,24H2,1H3,(H,26,27,28)/t11-/m0/s1. The number of nitrogens with two attached hydrogens (primary N) is 1. The lowest BCUT2D eigenvalue weighted by atomic mass is 10.1. The highest BCUT2D eigenvalue weighted by Gasteiger charge is 2.17. The van der Waals surface area contributed by atoms with Gasteiger partial charge in [-0.25, -0.2) is 15.0 Å². The van der Waals surface area contributed by atoms with E-state index in [2.05, 4.69) is 26.3 Å². The van der Waals surface area contributed by atoms with Gasteiger partial charge in [-0.1, -0.05) is 35.3 Å². The van der Waals surface area contributed by atoms with E-state index in [0.717, 1.165) is 5.56 Å². The van der Waals surface area contributed by atoms with Crippen molar-refractivity contribution >= 4 is 40.5 Å². The maximum Gasteiger partial charge on any atom is 0.223 e. The van der Waals surface area contributed by atoms with Crippen molar-refractivity contribution in [1.29, 1.82) is 5.26 Å². The Bertz CT molecular complexity index is 1260. The zero-order chi connectivity index (χ0) is 20.5. The van der Waals surface area contributed by atoms with Gasteiger partial charge in [-0.05, 0) is 30.7 Å². The summed E-state index contributed by atoms with van der Waals surface area (Å²) < 4.78 is 1.74. The summed E-state index contributed by atoms with van der Waals surface area (Å²) in [7, 11) is 0. The molecule has 0 amide bonds. The number of nitrogens with one attached hydrogen (secondary N) is 1. The van der Waals surface area contributed by atoms with Crippen LogP contribution in [0.1, 0.15) is 24.1 Å². The summed E-state index contributed by atoms with van der Waals surface area (Å²) in [5, 5.41) is 13.5. The molecule has 0 saturated heterocycles. The highest BCUT2D eigenvalue weighted by Crippen LogP contribution is 2.30. The van der Waals surface area contributed by atoms with E-state index in [9.17, 15) is 5.26 Å². The van der Waals surface area contributed by atoms with Gasteiger partial charge in [0.2, 0.25) is 5.95 Å². The molecule has 3 aromatic heterocycles. The number of imidazole rings is 1. The van der Waals surface area contributed by atoms with Gasteiger partial charge in [-0.3, -0.25) is 4.40 Å². The summed E-state index contributed by atoms with van der Waals surface area (Å²) in [5.41, 5.74) is 9.40. The number of pyridine rings is 1. The second-order valence-corrected chi connectivity index (χ2v) is 7.20. The number of halogens is 2. The third-order valence-corrected chi connectivity index (χ3v) is 5.27. The number of hydrogen-bond donors (Lipinski definition) is 2. The van der Waals surface area contributed by atoms with Gasteiger partial charge < -0.3 is 11.1 Å². The molecule has 0 aliphatic rings. The third kappa shape index (κ3) is 3.56. The highest BCUT2D eigenvalue weighted by atomic mass is 35.5. The Balaban J connectivity index is 1.75. The lowest BCUT2D eigenvalue weighted by Gasteiger charge is -2.15. The number of anilines is 2. The Labute approximate surface area is 176 Å². The van der Waals surface area contributed by atoms with E-state index in [0.29, 0.717) is 44.3 Å². The topological polar surface area (TPSA) is 105 Å². The normalized spacial score (nSPS) is 11.9. The lowest BCUT2D eigenvalue weighted by Crippen LogP contribution is -2.11. The summed E-state index contributed by atoms with van der Waals surface area (Å²) in [6.45, 7) is 1.98. The lowest BCUT2D eigenvalue weighted by molar-refractivity contribution is 0.860. The molecule has 0 aliphatic heterocycles. The maximum atomic E-state index is 9.53. The van der Waals surface area contributed by atoms with Crippen LogP contribution in [0, 0.1) is 11.3 Å². The first-order chi connectivity index (χ1) is 14.0. The molecular formula is C20H15Cl2N7. The molecule has 0 aliphatic carbocycles. The first-order valence-corrected chi connectivity index (χ1v) is 9.44. The minimum Gasteiger partial charge on any atom is -0.399 e. The van der Waals surface area contributed by atoms with Gasteiger partial charge in [0.1, 0.15) is 16.8 Å². The minimum atomic E-state index is -0.0882. The van der Waals surface area contributed by atoms with Gasteiger partial charge in [0.05, 0.1) is 34.7 Å². The molecule has 0 bridgehead atoms. The molecule has 4 rings (SSSR count). The number of benzene rings is 1. The van der Waals surface area contributed by atoms with E-state index >= 15 is 0 Å². The largest absolute Gasteiger partial charge is 0.399 e. The van der Waals surface area contributed by atoms with Crippen molar-refractivity contribution in [3.8, 4) is 17.5 Å². The van der Waals surface area contributed by atoms with E-state index < -0.39 is 0 Å². The molecule has 3 heterocycles. The van der Waals surface area contributed by atoms with Crippen LogP contribution in [0.3, 0.4) is 0 Å². The van der Waals surface area contributed by atoms with Crippen LogP contribution in [-0.2, 0) is 0 Å². The fourth-order valence-corrected chi connectivity index (χ4v) is 3.35. The second-order valence-electron chi connectivity index (χ2n) is 6.42. The van der Waals surface area contributed by atoms with Gasteiger partial charge >= 0.3 is 0 Å². The predicted molar refractivity (Wildman–Crippen MR) is 114 cm³/mol. The molecular weight excluding hydrogens is 409 g/mol. The van der Waals surface area contributed by atoms with Crippen molar-refractivity contribution in [2.45, 2.75) is 13.0 Å². The molecule has 4 aromatic rings. The third-order valence-electron chi connectivity index (χ3n) is 4.48. The Morgan fingerprint density at radius 1 is 1.21 bits per heavy atom. The van der Waals surface area contributed by atoms with E-state index in [1.165, 1.54) is 6.20 Å². The number of hydrogen-bond acceptors (Lipinski definition) is 6. The first kappa shape index (κ1) is 19.0. The van der Waals surface area contributed by atoms with Crippen molar-refractivity contribution in [2.75, 3.05) is 11.1 Å². The molecule has 29 heavy (non-hydrogen) atoms. The van der Waals surface area contributed by atoms with Crippen LogP contribution >= 0.6 is 23.2 Å². The fraction of sp³-hybridized carbons (Fsp3) is 0.100. The smallest absolute Gasteiger partial charge is 0.223 e. The van der Waals surface area contributed by atoms with E-state index in [1.54, 1.807) is 22.9 Å². The van der Waals surface area contributed by atoms with E-state index in [4.69, 9.17) is 28.9 Å². The van der Waals surface area contributed by atoms with Crippen LogP contribution in [0.4, 0.5) is 11.6 Å². The molecule has 3 N–H and O–H groups in total. The number of nitriles is 1. The predicted octanol–water partition coefficient (Wildman–Crippen LogP) is 4.73. The summed E-state index contributed by atoms with van der Waals surface area (Å²) in [6, 6.07) is 11.3. The van der Waals surface area contributed by atoms with Gasteiger partial charge in [0.15, 0.2) is 5.65 Å². The molecule has 1 atom stereocenters. The van der Waals surface area contributed by atoms with E-state index in [1.807, 2.05) is 31.2 Å². The van der Waals surface area contributed by atoms with E-state index in [-0.39, 0.29) is 6.04 Å². The quantitative estimate of drug-likeness (QED) is 0.459. The van der Waals surface area contributed by atoms with Crippen LogP contribution in [0.2, 0.25) is 10.0 Å². The zero-order valence-corrected chi connectivity index (χ0v) is 16.8. The summed E-state index contributed by atoms with van der Waals surface area (Å²) in [5.74, 6) is 0.379. The zero-order valence-electron chi connectivity index (χ0n) is 15.3. The van der Waals surface area contributed by atoms with Gasteiger partial charge in [0.25, 0.3) is 0 Å². The van der Waals surface area contributed by atoms with Crippen LogP contribution < -0.4 is 11.1 Å². The van der Waals surface area contributed by atoms with Crippen LogP contribution in [-0.4, -0.2) is 19.4 Å². The molecule has 0 spiro atoms. The molecule has 0 fully saturated rings. The summed E-state index contributed by atoms with van der Waals surface area (Å²) in [6.07, 6.45) is 4.82. The van der Waals surface area contributed by atoms with Crippen molar-refractivity contribution < 1.29 is 0 Å². The van der Waals surface area contributed by atoms with Crippen LogP contribution in [0.15, 0.2) is 48.9 Å². The Morgan fingerprint density at radius 2 is 2.03 bits per heavy atom. The van der Waals surface area contributed by atoms with Crippen molar-refractivity contribution in [3.63, 3.8) is 0 Å². The molecule has 144 valence electrons. The number of nitrogens with zero attached hydrogens (tertiary/aromatic N) is 5. The van der Waals surface area contributed by atoms with Crippen molar-refractivity contribution in [3.05, 3.63) is 70.1 Å². The maximum absolute atomic E-state index is 9.53. The molecule has 1 aromatic carbocycles. The number of fused-ring (bicyclic) bond motifs is 1. The monoisotopic (exact) mass is 423 g/mol. The molecule has 0 radical (unpaired) electrons. The number of nitrogen functional groups attached to an aromatic ring is 1. The molecule has 0 saturated carbocycles. The van der Waals surface area contributed by atoms with Crippen molar-refractivity contribution in [2.24, 2.45) is 0 Å². The SMILES string of the molecule is C[C@H](Nc1ncc(C#N)c(-c2cnc3c(Cl)c(Cl)ccn23)n1)c1cccc(N)c1. The van der Waals surface area contributed by atoms with Gasteiger partial charge in [-0.2, -0.15) is 5.26 Å². The number of rotatable bonds is 4. The molecule has 9 heteroatoms. The molecule has 7 nitrogen and oxygen atoms in total. The summed E-state index contributed by atoms with van der Waals surface area (Å²) in [4.78, 5) is 13.2.